The van der Waals surface area contributed by atoms with Crippen LogP contribution in [0.15, 0.2) is 30.3 Å². The van der Waals surface area contributed by atoms with Crippen molar-refractivity contribution in [2.75, 3.05) is 26.7 Å². The third-order valence-corrected chi connectivity index (χ3v) is 4.69. The van der Waals surface area contributed by atoms with Gasteiger partial charge in [-0.2, -0.15) is 0 Å². The minimum Gasteiger partial charge on any atom is -0.341 e. The number of benzene rings is 1. The molecule has 1 atom stereocenters. The third-order valence-electron chi connectivity index (χ3n) is 4.69. The molecular weight excluding hydrogens is 262 g/mol. The molecule has 21 heavy (non-hydrogen) atoms. The van der Waals surface area contributed by atoms with Gasteiger partial charge in [0.2, 0.25) is 5.91 Å². The Bertz CT molecular complexity index is 464. The molecule has 0 radical (unpaired) electrons. The van der Waals surface area contributed by atoms with Crippen LogP contribution in [-0.4, -0.2) is 48.4 Å². The molecule has 1 aromatic carbocycles. The van der Waals surface area contributed by atoms with Gasteiger partial charge in [-0.25, -0.2) is 0 Å². The number of hydrogen-bond acceptors (Lipinski definition) is 3. The number of carbonyl (C=O) groups excluding carboxylic acids is 1. The smallest absolute Gasteiger partial charge is 0.246 e. The highest BCUT2D eigenvalue weighted by atomic mass is 16.2. The van der Waals surface area contributed by atoms with Crippen molar-refractivity contribution in [3.8, 4) is 0 Å². The molecule has 0 aliphatic carbocycles. The van der Waals surface area contributed by atoms with Gasteiger partial charge in [-0.15, -0.1) is 0 Å². The molecule has 1 aliphatic heterocycles. The average molecular weight is 289 g/mol. The Morgan fingerprint density at radius 1 is 1.33 bits per heavy atom. The molecule has 4 nitrogen and oxygen atoms in total. The number of likely N-dealkylation sites (tertiary alicyclic amines) is 1. The molecule has 2 rings (SSSR count). The first kappa shape index (κ1) is 16.0. The van der Waals surface area contributed by atoms with Crippen molar-refractivity contribution in [1.29, 1.82) is 0 Å². The zero-order valence-corrected chi connectivity index (χ0v) is 13.4. The van der Waals surface area contributed by atoms with E-state index in [0.717, 1.165) is 38.0 Å². The van der Waals surface area contributed by atoms with Gasteiger partial charge in [-0.3, -0.25) is 4.79 Å². The van der Waals surface area contributed by atoms with Gasteiger partial charge >= 0.3 is 0 Å². The first-order valence-electron chi connectivity index (χ1n) is 7.80. The fraction of sp³-hybridized carbons (Fsp3) is 0.588. The van der Waals surface area contributed by atoms with Gasteiger partial charge in [0.15, 0.2) is 0 Å². The van der Waals surface area contributed by atoms with E-state index in [2.05, 4.69) is 11.8 Å². The topological polar surface area (TPSA) is 49.6 Å². The van der Waals surface area contributed by atoms with Crippen LogP contribution in [0.3, 0.4) is 0 Å². The van der Waals surface area contributed by atoms with E-state index in [1.165, 1.54) is 0 Å². The summed E-state index contributed by atoms with van der Waals surface area (Å²) < 4.78 is 0. The molecule has 1 heterocycles. The summed E-state index contributed by atoms with van der Waals surface area (Å²) in [4.78, 5) is 17.1. The highest BCUT2D eigenvalue weighted by molar-refractivity contribution is 5.87. The fourth-order valence-corrected chi connectivity index (χ4v) is 3.06. The molecule has 116 valence electrons. The first-order chi connectivity index (χ1) is 9.96. The van der Waals surface area contributed by atoms with Gasteiger partial charge in [-0.1, -0.05) is 37.3 Å². The first-order valence-corrected chi connectivity index (χ1v) is 7.80. The molecule has 1 aliphatic rings. The van der Waals surface area contributed by atoms with Crippen LogP contribution in [0.4, 0.5) is 0 Å². The van der Waals surface area contributed by atoms with Crippen LogP contribution in [-0.2, 0) is 10.3 Å². The zero-order chi connectivity index (χ0) is 15.5. The highest BCUT2D eigenvalue weighted by Crippen LogP contribution is 2.23. The Labute approximate surface area is 127 Å². The van der Waals surface area contributed by atoms with Crippen LogP contribution in [0.5, 0.6) is 0 Å². The highest BCUT2D eigenvalue weighted by Gasteiger charge is 2.36. The lowest BCUT2D eigenvalue weighted by molar-refractivity contribution is -0.138. The number of likely N-dealkylation sites (N-methyl/N-ethyl adjacent to an activating group) is 1. The SMILES string of the molecule is CCN1CCC(N(C)C(=O)C(C)(N)c2ccccc2)CC1. The molecule has 0 bridgehead atoms. The molecule has 4 heteroatoms. The van der Waals surface area contributed by atoms with E-state index < -0.39 is 5.54 Å². The van der Waals surface area contributed by atoms with Gasteiger partial charge in [0.25, 0.3) is 0 Å². The summed E-state index contributed by atoms with van der Waals surface area (Å²) in [5.41, 5.74) is 6.25. The van der Waals surface area contributed by atoms with Gasteiger partial charge in [0.05, 0.1) is 0 Å². The lowest BCUT2D eigenvalue weighted by Gasteiger charge is -2.39. The van der Waals surface area contributed by atoms with E-state index in [9.17, 15) is 4.79 Å². The van der Waals surface area contributed by atoms with E-state index in [1.54, 1.807) is 0 Å². The molecule has 0 aromatic heterocycles. The second-order valence-electron chi connectivity index (χ2n) is 6.15. The van der Waals surface area contributed by atoms with Gasteiger partial charge in [0.1, 0.15) is 5.54 Å². The summed E-state index contributed by atoms with van der Waals surface area (Å²) >= 11 is 0. The maximum absolute atomic E-state index is 12.8. The van der Waals surface area contributed by atoms with E-state index >= 15 is 0 Å². The molecule has 1 amide bonds. The number of piperidine rings is 1. The predicted molar refractivity (Wildman–Crippen MR) is 85.9 cm³/mol. The van der Waals surface area contributed by atoms with E-state index in [0.29, 0.717) is 6.04 Å². The zero-order valence-electron chi connectivity index (χ0n) is 13.4. The van der Waals surface area contributed by atoms with Gasteiger partial charge in [0, 0.05) is 26.2 Å². The molecule has 1 aromatic rings. The van der Waals surface area contributed by atoms with Crippen molar-refractivity contribution < 1.29 is 4.79 Å². The molecular formula is C17H27N3O. The van der Waals surface area contributed by atoms with Crippen LogP contribution < -0.4 is 5.73 Å². The summed E-state index contributed by atoms with van der Waals surface area (Å²) in [6, 6.07) is 9.93. The maximum Gasteiger partial charge on any atom is 0.246 e. The number of rotatable bonds is 4. The Morgan fingerprint density at radius 3 is 2.43 bits per heavy atom. The maximum atomic E-state index is 12.8. The Balaban J connectivity index is 2.05. The number of amides is 1. The Kier molecular flexibility index (Phi) is 5.01. The lowest BCUT2D eigenvalue weighted by atomic mass is 9.90. The Hall–Kier alpha value is -1.39. The molecule has 1 unspecified atom stereocenters. The standard InChI is InChI=1S/C17H27N3O/c1-4-20-12-10-15(11-13-20)19(3)16(21)17(2,18)14-8-6-5-7-9-14/h5-9,15H,4,10-13,18H2,1-3H3. The number of hydrogen-bond donors (Lipinski definition) is 1. The fourth-order valence-electron chi connectivity index (χ4n) is 3.06. The van der Waals surface area contributed by atoms with Crippen molar-refractivity contribution in [3.05, 3.63) is 35.9 Å². The summed E-state index contributed by atoms with van der Waals surface area (Å²) in [6.45, 7) is 7.20. The van der Waals surface area contributed by atoms with Gasteiger partial charge < -0.3 is 15.5 Å². The Morgan fingerprint density at radius 2 is 1.90 bits per heavy atom. The molecule has 0 spiro atoms. The predicted octanol–water partition coefficient (Wildman–Crippen LogP) is 1.80. The van der Waals surface area contributed by atoms with Crippen LogP contribution in [0.2, 0.25) is 0 Å². The van der Waals surface area contributed by atoms with E-state index in [4.69, 9.17) is 5.73 Å². The molecule has 0 saturated carbocycles. The van der Waals surface area contributed by atoms with Crippen molar-refractivity contribution in [2.24, 2.45) is 5.73 Å². The number of nitrogens with two attached hydrogens (primary N) is 1. The van der Waals surface area contributed by atoms with E-state index in [1.807, 2.05) is 49.2 Å². The van der Waals surface area contributed by atoms with Crippen molar-refractivity contribution in [2.45, 2.75) is 38.3 Å². The molecule has 1 fully saturated rings. The number of carbonyl (C=O) groups is 1. The van der Waals surface area contributed by atoms with Crippen LogP contribution in [0.25, 0.3) is 0 Å². The van der Waals surface area contributed by atoms with Gasteiger partial charge in [-0.05, 0) is 31.9 Å². The third kappa shape index (κ3) is 3.44. The van der Waals surface area contributed by atoms with E-state index in [-0.39, 0.29) is 5.91 Å². The lowest BCUT2D eigenvalue weighted by Crippen LogP contribution is -2.54. The average Bonchev–Trinajstić information content (AvgIpc) is 2.54. The van der Waals surface area contributed by atoms with Crippen LogP contribution in [0, 0.1) is 0 Å². The second-order valence-corrected chi connectivity index (χ2v) is 6.15. The monoisotopic (exact) mass is 289 g/mol. The molecule has 1 saturated heterocycles. The number of nitrogens with zero attached hydrogens (tertiary/aromatic N) is 2. The minimum absolute atomic E-state index is 0.00338. The van der Waals surface area contributed by atoms with Crippen molar-refractivity contribution >= 4 is 5.91 Å². The molecule has 2 N–H and O–H groups in total. The van der Waals surface area contributed by atoms with Crippen molar-refractivity contribution in [1.82, 2.24) is 9.80 Å². The summed E-state index contributed by atoms with van der Waals surface area (Å²) in [5, 5.41) is 0. The largest absolute Gasteiger partial charge is 0.341 e. The summed E-state index contributed by atoms with van der Waals surface area (Å²) in [5.74, 6) is 0.00338. The minimum atomic E-state index is -0.960. The van der Waals surface area contributed by atoms with Crippen molar-refractivity contribution in [3.63, 3.8) is 0 Å². The summed E-state index contributed by atoms with van der Waals surface area (Å²) in [7, 11) is 1.89. The normalized spacial score (nSPS) is 20.0. The quantitative estimate of drug-likeness (QED) is 0.919. The summed E-state index contributed by atoms with van der Waals surface area (Å²) in [6.07, 6.45) is 2.06. The van der Waals surface area contributed by atoms with Crippen LogP contribution >= 0.6 is 0 Å². The van der Waals surface area contributed by atoms with Crippen LogP contribution in [0.1, 0.15) is 32.3 Å². The second kappa shape index (κ2) is 6.58.